The van der Waals surface area contributed by atoms with E-state index in [0.29, 0.717) is 0 Å². The first kappa shape index (κ1) is 13.5. The van der Waals surface area contributed by atoms with Crippen LogP contribution in [-0.4, -0.2) is 0 Å². The largest absolute Gasteiger partial charge is 0.0991 e. The van der Waals surface area contributed by atoms with Gasteiger partial charge in [0.1, 0.15) is 0 Å². The van der Waals surface area contributed by atoms with Gasteiger partial charge in [-0.2, -0.15) is 0 Å². The van der Waals surface area contributed by atoms with Crippen molar-refractivity contribution in [3.05, 3.63) is 31.2 Å². The van der Waals surface area contributed by atoms with Crippen molar-refractivity contribution in [2.75, 3.05) is 0 Å². The van der Waals surface area contributed by atoms with E-state index in [1.807, 2.05) is 12.2 Å². The Morgan fingerprint density at radius 3 is 2.43 bits per heavy atom. The summed E-state index contributed by atoms with van der Waals surface area (Å²) in [5, 5.41) is 0. The van der Waals surface area contributed by atoms with Crippen LogP contribution in [0.15, 0.2) is 24.8 Å². The van der Waals surface area contributed by atoms with Gasteiger partial charge < -0.3 is 0 Å². The lowest BCUT2D eigenvalue weighted by Gasteiger charge is -1.99. The highest BCUT2D eigenvalue weighted by molar-refractivity contribution is 4.97. The second-order valence-corrected chi connectivity index (χ2v) is 3.73. The van der Waals surface area contributed by atoms with Crippen LogP contribution in [0.2, 0.25) is 0 Å². The zero-order chi connectivity index (χ0) is 10.5. The Bertz CT molecular complexity index is 133. The van der Waals surface area contributed by atoms with E-state index in [-0.39, 0.29) is 0 Å². The molecule has 0 heteroatoms. The molecule has 0 atom stereocenters. The molecule has 0 bridgehead atoms. The summed E-state index contributed by atoms with van der Waals surface area (Å²) in [5.41, 5.74) is 0. The maximum Gasteiger partial charge on any atom is -0.0345 e. The van der Waals surface area contributed by atoms with E-state index < -0.39 is 0 Å². The van der Waals surface area contributed by atoms with Gasteiger partial charge in [0.25, 0.3) is 0 Å². The molecule has 0 nitrogen and oxygen atoms in total. The van der Waals surface area contributed by atoms with E-state index in [9.17, 15) is 0 Å². The van der Waals surface area contributed by atoms with Crippen LogP contribution in [-0.2, 0) is 0 Å². The smallest absolute Gasteiger partial charge is 0.0345 e. The fraction of sp³-hybridized carbons (Fsp3) is 0.643. The molecule has 14 heavy (non-hydrogen) atoms. The monoisotopic (exact) mass is 193 g/mol. The van der Waals surface area contributed by atoms with Crippen LogP contribution >= 0.6 is 0 Å². The summed E-state index contributed by atoms with van der Waals surface area (Å²) >= 11 is 0. The van der Waals surface area contributed by atoms with Gasteiger partial charge in [-0.05, 0) is 19.3 Å². The summed E-state index contributed by atoms with van der Waals surface area (Å²) in [5.74, 6) is 0. The van der Waals surface area contributed by atoms with Crippen LogP contribution in [0.4, 0.5) is 0 Å². The maximum absolute atomic E-state index is 3.64. The molecule has 0 unspecified atom stereocenters. The quantitative estimate of drug-likeness (QED) is 0.335. The summed E-state index contributed by atoms with van der Waals surface area (Å²) in [6.07, 6.45) is 19.1. The summed E-state index contributed by atoms with van der Waals surface area (Å²) < 4.78 is 0. The molecule has 0 aliphatic rings. The zero-order valence-electron chi connectivity index (χ0n) is 9.67. The lowest BCUT2D eigenvalue weighted by molar-refractivity contribution is 0.622. The number of rotatable bonds is 10. The van der Waals surface area contributed by atoms with Gasteiger partial charge in [0.15, 0.2) is 0 Å². The minimum atomic E-state index is 1.17. The number of hydrogen-bond acceptors (Lipinski definition) is 0. The van der Waals surface area contributed by atoms with Crippen molar-refractivity contribution >= 4 is 0 Å². The van der Waals surface area contributed by atoms with Crippen LogP contribution in [0.25, 0.3) is 0 Å². The van der Waals surface area contributed by atoms with Crippen molar-refractivity contribution in [1.82, 2.24) is 0 Å². The van der Waals surface area contributed by atoms with Gasteiger partial charge >= 0.3 is 0 Å². The van der Waals surface area contributed by atoms with E-state index in [1.165, 1.54) is 51.4 Å². The molecule has 1 radical (unpaired) electrons. The molecule has 0 N–H and O–H groups in total. The van der Waals surface area contributed by atoms with E-state index >= 15 is 0 Å². The minimum absolute atomic E-state index is 1.17. The number of hydrogen-bond donors (Lipinski definition) is 0. The average Bonchev–Trinajstić information content (AvgIpc) is 2.21. The van der Waals surface area contributed by atoms with Crippen LogP contribution in [0.5, 0.6) is 0 Å². The van der Waals surface area contributed by atoms with E-state index in [0.717, 1.165) is 0 Å². The van der Waals surface area contributed by atoms with Gasteiger partial charge in [0, 0.05) is 0 Å². The molecule has 0 aromatic rings. The molecule has 0 spiro atoms. The van der Waals surface area contributed by atoms with Crippen LogP contribution in [0.1, 0.15) is 58.3 Å². The molecular formula is C14H25. The molecule has 0 rings (SSSR count). The molecular weight excluding hydrogens is 168 g/mol. The maximum atomic E-state index is 3.64. The van der Waals surface area contributed by atoms with Gasteiger partial charge in [0.2, 0.25) is 0 Å². The molecule has 0 aliphatic carbocycles. The van der Waals surface area contributed by atoms with Crippen molar-refractivity contribution in [2.24, 2.45) is 0 Å². The van der Waals surface area contributed by atoms with Crippen molar-refractivity contribution < 1.29 is 0 Å². The SMILES string of the molecule is C=C/C=C/CC[CH]CCCCCCC. The molecule has 0 aliphatic heterocycles. The summed E-state index contributed by atoms with van der Waals surface area (Å²) in [4.78, 5) is 0. The molecule has 0 fully saturated rings. The van der Waals surface area contributed by atoms with E-state index in [4.69, 9.17) is 0 Å². The predicted octanol–water partition coefficient (Wildman–Crippen LogP) is 5.07. The van der Waals surface area contributed by atoms with Crippen molar-refractivity contribution in [3.8, 4) is 0 Å². The molecule has 0 saturated carbocycles. The Kier molecular flexibility index (Phi) is 12.0. The zero-order valence-corrected chi connectivity index (χ0v) is 9.67. The Balaban J connectivity index is 2.91. The van der Waals surface area contributed by atoms with Gasteiger partial charge in [0.05, 0.1) is 0 Å². The van der Waals surface area contributed by atoms with E-state index in [2.05, 4.69) is 26.0 Å². The van der Waals surface area contributed by atoms with Gasteiger partial charge in [-0.25, -0.2) is 0 Å². The van der Waals surface area contributed by atoms with Gasteiger partial charge in [-0.1, -0.05) is 70.3 Å². The molecule has 0 aromatic heterocycles. The molecule has 0 heterocycles. The number of allylic oxidation sites excluding steroid dienone is 3. The van der Waals surface area contributed by atoms with Crippen LogP contribution in [0.3, 0.4) is 0 Å². The fourth-order valence-electron chi connectivity index (χ4n) is 1.44. The molecule has 81 valence electrons. The topological polar surface area (TPSA) is 0 Å². The second kappa shape index (κ2) is 12.5. The highest BCUT2D eigenvalue weighted by Crippen LogP contribution is 2.08. The lowest BCUT2D eigenvalue weighted by atomic mass is 10.1. The standard InChI is InChI=1S/C14H25/c1-3-5-7-9-11-13-14-12-10-8-6-4-2/h3,5,7,13H,1,4,6,8-12,14H2,2H3/b7-5+. The molecule has 0 saturated heterocycles. The third kappa shape index (κ3) is 11.5. The Morgan fingerprint density at radius 1 is 0.929 bits per heavy atom. The summed E-state index contributed by atoms with van der Waals surface area (Å²) in [7, 11) is 0. The van der Waals surface area contributed by atoms with Crippen molar-refractivity contribution in [1.29, 1.82) is 0 Å². The van der Waals surface area contributed by atoms with Crippen molar-refractivity contribution in [2.45, 2.75) is 58.3 Å². The molecule has 0 amide bonds. The lowest BCUT2D eigenvalue weighted by Crippen LogP contribution is -1.80. The number of unbranched alkanes of at least 4 members (excludes halogenated alkanes) is 8. The molecule has 0 aromatic carbocycles. The first-order valence-corrected chi connectivity index (χ1v) is 6.01. The van der Waals surface area contributed by atoms with Crippen LogP contribution in [0, 0.1) is 6.42 Å². The van der Waals surface area contributed by atoms with Crippen LogP contribution < -0.4 is 0 Å². The van der Waals surface area contributed by atoms with Gasteiger partial charge in [-0.3, -0.25) is 0 Å². The second-order valence-electron chi connectivity index (χ2n) is 3.73. The first-order valence-electron chi connectivity index (χ1n) is 6.01. The third-order valence-electron chi connectivity index (χ3n) is 2.32. The van der Waals surface area contributed by atoms with Crippen molar-refractivity contribution in [3.63, 3.8) is 0 Å². The normalized spacial score (nSPS) is 10.9. The van der Waals surface area contributed by atoms with E-state index in [1.54, 1.807) is 0 Å². The minimum Gasteiger partial charge on any atom is -0.0991 e. The fourth-order valence-corrected chi connectivity index (χ4v) is 1.44. The highest BCUT2D eigenvalue weighted by Gasteiger charge is 1.90. The highest BCUT2D eigenvalue weighted by atomic mass is 14.0. The first-order chi connectivity index (χ1) is 6.91. The Hall–Kier alpha value is -0.520. The predicted molar refractivity (Wildman–Crippen MR) is 66.2 cm³/mol. The summed E-state index contributed by atoms with van der Waals surface area (Å²) in [6, 6.07) is 0. The summed E-state index contributed by atoms with van der Waals surface area (Å²) in [6.45, 7) is 5.90. The Labute approximate surface area is 90.1 Å². The third-order valence-corrected chi connectivity index (χ3v) is 2.32. The Morgan fingerprint density at radius 2 is 1.71 bits per heavy atom. The average molecular weight is 193 g/mol. The van der Waals surface area contributed by atoms with Gasteiger partial charge in [-0.15, -0.1) is 0 Å².